The molecule has 0 saturated heterocycles. The molecule has 0 saturated carbocycles. The smallest absolute Gasteiger partial charge is 0.324 e. The van der Waals surface area contributed by atoms with Crippen molar-refractivity contribution in [1.29, 1.82) is 0 Å². The molecule has 0 bridgehead atoms. The van der Waals surface area contributed by atoms with E-state index in [0.29, 0.717) is 6.42 Å². The van der Waals surface area contributed by atoms with Crippen molar-refractivity contribution in [1.82, 2.24) is 4.72 Å². The van der Waals surface area contributed by atoms with E-state index in [1.165, 1.54) is 6.92 Å². The molecule has 96 valence electrons. The van der Waals surface area contributed by atoms with Crippen LogP contribution in [0.3, 0.4) is 0 Å². The maximum Gasteiger partial charge on any atom is 0.324 e. The molecule has 0 fully saturated rings. The zero-order valence-electron chi connectivity index (χ0n) is 9.67. The number of nitrogens with one attached hydrogen (secondary N) is 1. The van der Waals surface area contributed by atoms with Crippen molar-refractivity contribution < 1.29 is 23.4 Å². The topological polar surface area (TPSA) is 104 Å². The highest BCUT2D eigenvalue weighted by molar-refractivity contribution is 7.89. The van der Waals surface area contributed by atoms with Gasteiger partial charge in [0.05, 0.1) is 11.9 Å². The number of carboxylic acids is 1. The second kappa shape index (κ2) is 6.17. The second-order valence-corrected chi connectivity index (χ2v) is 6.05. The van der Waals surface area contributed by atoms with Crippen molar-refractivity contribution in [2.45, 2.75) is 39.3 Å². The molecule has 6 nitrogen and oxygen atoms in total. The molecule has 2 unspecified atom stereocenters. The third-order valence-electron chi connectivity index (χ3n) is 2.02. The van der Waals surface area contributed by atoms with Gasteiger partial charge in [0.1, 0.15) is 6.04 Å². The van der Waals surface area contributed by atoms with Crippen LogP contribution in [-0.2, 0) is 14.8 Å². The van der Waals surface area contributed by atoms with Crippen LogP contribution < -0.4 is 4.72 Å². The van der Waals surface area contributed by atoms with Crippen LogP contribution in [0.1, 0.15) is 27.2 Å². The lowest BCUT2D eigenvalue weighted by Crippen LogP contribution is -2.48. The summed E-state index contributed by atoms with van der Waals surface area (Å²) in [7, 11) is -3.66. The first-order chi connectivity index (χ1) is 7.15. The largest absolute Gasteiger partial charge is 0.480 e. The summed E-state index contributed by atoms with van der Waals surface area (Å²) < 4.78 is 24.9. The Hall–Kier alpha value is -0.660. The van der Waals surface area contributed by atoms with Crippen molar-refractivity contribution in [3.05, 3.63) is 0 Å². The molecule has 0 amide bonds. The highest BCUT2D eigenvalue weighted by atomic mass is 32.2. The van der Waals surface area contributed by atoms with Crippen LogP contribution in [0.15, 0.2) is 0 Å². The molecule has 0 aliphatic carbocycles. The van der Waals surface area contributed by atoms with Crippen LogP contribution in [0, 0.1) is 5.92 Å². The Morgan fingerprint density at radius 1 is 1.31 bits per heavy atom. The monoisotopic (exact) mass is 253 g/mol. The number of rotatable bonds is 7. The molecule has 0 spiro atoms. The second-order valence-electron chi connectivity index (χ2n) is 4.18. The molecule has 0 radical (unpaired) electrons. The van der Waals surface area contributed by atoms with E-state index in [1.807, 2.05) is 18.6 Å². The van der Waals surface area contributed by atoms with Crippen LogP contribution in [-0.4, -0.2) is 42.5 Å². The number of hydrogen-bond acceptors (Lipinski definition) is 4. The van der Waals surface area contributed by atoms with Gasteiger partial charge in [0, 0.05) is 0 Å². The van der Waals surface area contributed by atoms with E-state index in [-0.39, 0.29) is 11.7 Å². The fourth-order valence-corrected chi connectivity index (χ4v) is 2.58. The van der Waals surface area contributed by atoms with E-state index in [4.69, 9.17) is 10.2 Å². The average Bonchev–Trinajstić information content (AvgIpc) is 2.10. The predicted octanol–water partition coefficient (Wildman–Crippen LogP) is -0.214. The Morgan fingerprint density at radius 2 is 1.81 bits per heavy atom. The van der Waals surface area contributed by atoms with Gasteiger partial charge in [0.2, 0.25) is 10.0 Å². The van der Waals surface area contributed by atoms with Crippen LogP contribution in [0.5, 0.6) is 0 Å². The third-order valence-corrected chi connectivity index (χ3v) is 3.41. The standard InChI is InChI=1S/C9H19NO5S/c1-6(2)4-5-16(14,15)10-8(7(3)11)9(12)13/h6-8,10-11H,4-5H2,1-3H3,(H,12,13). The normalized spacial score (nSPS) is 16.1. The van der Waals surface area contributed by atoms with Crippen molar-refractivity contribution in [2.75, 3.05) is 5.75 Å². The minimum Gasteiger partial charge on any atom is -0.480 e. The minimum atomic E-state index is -3.66. The highest BCUT2D eigenvalue weighted by Gasteiger charge is 2.27. The zero-order valence-corrected chi connectivity index (χ0v) is 10.5. The fourth-order valence-electron chi connectivity index (χ4n) is 0.998. The lowest BCUT2D eigenvalue weighted by molar-refractivity contribution is -0.141. The minimum absolute atomic E-state index is 0.138. The molecule has 0 aromatic carbocycles. The summed E-state index contributed by atoms with van der Waals surface area (Å²) in [5, 5.41) is 17.8. The van der Waals surface area contributed by atoms with E-state index < -0.39 is 28.1 Å². The van der Waals surface area contributed by atoms with Crippen molar-refractivity contribution >= 4 is 16.0 Å². The van der Waals surface area contributed by atoms with E-state index in [9.17, 15) is 13.2 Å². The maximum absolute atomic E-state index is 11.5. The lowest BCUT2D eigenvalue weighted by Gasteiger charge is -2.17. The Balaban J connectivity index is 4.49. The van der Waals surface area contributed by atoms with Gasteiger partial charge >= 0.3 is 5.97 Å². The Morgan fingerprint density at radius 3 is 2.12 bits per heavy atom. The molecular formula is C9H19NO5S. The molecule has 7 heteroatoms. The maximum atomic E-state index is 11.5. The Bertz CT molecular complexity index is 323. The van der Waals surface area contributed by atoms with Crippen molar-refractivity contribution in [3.8, 4) is 0 Å². The summed E-state index contributed by atoms with van der Waals surface area (Å²) in [5.41, 5.74) is 0. The van der Waals surface area contributed by atoms with Gasteiger partial charge in [-0.2, -0.15) is 4.72 Å². The number of carbonyl (C=O) groups is 1. The van der Waals surface area contributed by atoms with Gasteiger partial charge in [0.25, 0.3) is 0 Å². The highest BCUT2D eigenvalue weighted by Crippen LogP contribution is 2.04. The number of hydrogen-bond donors (Lipinski definition) is 3. The van der Waals surface area contributed by atoms with Crippen molar-refractivity contribution in [2.24, 2.45) is 5.92 Å². The first kappa shape index (κ1) is 15.3. The van der Waals surface area contributed by atoms with Crippen LogP contribution in [0.2, 0.25) is 0 Å². The Kier molecular flexibility index (Phi) is 5.91. The summed E-state index contributed by atoms with van der Waals surface area (Å²) in [6.45, 7) is 4.97. The predicted molar refractivity (Wildman–Crippen MR) is 59.5 cm³/mol. The lowest BCUT2D eigenvalue weighted by atomic mass is 10.2. The van der Waals surface area contributed by atoms with Gasteiger partial charge in [0.15, 0.2) is 0 Å². The summed E-state index contributed by atoms with van der Waals surface area (Å²) in [5.74, 6) is -1.31. The molecule has 2 atom stereocenters. The molecule has 0 rings (SSSR count). The van der Waals surface area contributed by atoms with Crippen LogP contribution in [0.25, 0.3) is 0 Å². The Labute approximate surface area is 95.7 Å². The van der Waals surface area contributed by atoms with E-state index in [2.05, 4.69) is 0 Å². The first-order valence-electron chi connectivity index (χ1n) is 5.06. The summed E-state index contributed by atoms with van der Waals surface area (Å²) in [4.78, 5) is 10.7. The third kappa shape index (κ3) is 6.04. The molecular weight excluding hydrogens is 234 g/mol. The molecule has 0 aromatic heterocycles. The average molecular weight is 253 g/mol. The van der Waals surface area contributed by atoms with E-state index in [0.717, 1.165) is 0 Å². The first-order valence-corrected chi connectivity index (χ1v) is 6.72. The van der Waals surface area contributed by atoms with Gasteiger partial charge in [-0.1, -0.05) is 13.8 Å². The molecule has 0 heterocycles. The number of aliphatic hydroxyl groups is 1. The quantitative estimate of drug-likeness (QED) is 0.582. The number of sulfonamides is 1. The van der Waals surface area contributed by atoms with Crippen molar-refractivity contribution in [3.63, 3.8) is 0 Å². The number of aliphatic carboxylic acids is 1. The summed E-state index contributed by atoms with van der Waals surface area (Å²) in [6.07, 6.45) is -0.826. The molecule has 0 aliphatic heterocycles. The van der Waals surface area contributed by atoms with Gasteiger partial charge in [-0.25, -0.2) is 8.42 Å². The summed E-state index contributed by atoms with van der Waals surface area (Å²) in [6, 6.07) is -1.49. The van der Waals surface area contributed by atoms with Gasteiger partial charge in [-0.15, -0.1) is 0 Å². The fraction of sp³-hybridized carbons (Fsp3) is 0.889. The van der Waals surface area contributed by atoms with E-state index in [1.54, 1.807) is 0 Å². The number of carboxylic acid groups (broad SMARTS) is 1. The van der Waals surface area contributed by atoms with E-state index >= 15 is 0 Å². The van der Waals surface area contributed by atoms with Gasteiger partial charge < -0.3 is 10.2 Å². The summed E-state index contributed by atoms with van der Waals surface area (Å²) >= 11 is 0. The van der Waals surface area contributed by atoms with Crippen LogP contribution >= 0.6 is 0 Å². The molecule has 3 N–H and O–H groups in total. The molecule has 16 heavy (non-hydrogen) atoms. The zero-order chi connectivity index (χ0) is 12.9. The number of aliphatic hydroxyl groups excluding tert-OH is 1. The van der Waals surface area contributed by atoms with Gasteiger partial charge in [-0.3, -0.25) is 4.79 Å². The molecule has 0 aliphatic rings. The SMILES string of the molecule is CC(C)CCS(=O)(=O)NC(C(=O)O)C(C)O. The van der Waals surface area contributed by atoms with Crippen LogP contribution in [0.4, 0.5) is 0 Å². The molecule has 0 aromatic rings. The van der Waals surface area contributed by atoms with Gasteiger partial charge in [-0.05, 0) is 19.3 Å².